The number of phenolic OH excluding ortho intramolecular Hbond substituents is 1. The number of H-pyrrole nitrogens is 1. The van der Waals surface area contributed by atoms with Gasteiger partial charge in [-0.15, -0.1) is 0 Å². The van der Waals surface area contributed by atoms with Crippen molar-refractivity contribution in [2.75, 3.05) is 39.3 Å². The van der Waals surface area contributed by atoms with Gasteiger partial charge in [0.2, 0.25) is 5.91 Å². The summed E-state index contributed by atoms with van der Waals surface area (Å²) in [7, 11) is 0. The lowest BCUT2D eigenvalue weighted by molar-refractivity contribution is -0.193. The number of aromatic hydroxyl groups is 1. The Morgan fingerprint density at radius 2 is 1.50 bits per heavy atom. The molecule has 0 atom stereocenters. The average Bonchev–Trinajstić information content (AvgIpc) is 3.37. The van der Waals surface area contributed by atoms with Crippen LogP contribution in [0.2, 0.25) is 5.02 Å². The van der Waals surface area contributed by atoms with Crippen LogP contribution in [0.1, 0.15) is 38.3 Å². The molecule has 0 fully saturated rings. The number of alkyl halides is 6. The lowest BCUT2D eigenvalue weighted by Crippen LogP contribution is -2.42. The van der Waals surface area contributed by atoms with Gasteiger partial charge in [-0.1, -0.05) is 61.9 Å². The minimum atomic E-state index is -5.77. The number of Topliss-reactive ketones (excluding diaryl/α,β-unsaturated/α-hetero) is 2. The topological polar surface area (TPSA) is 132 Å². The van der Waals surface area contributed by atoms with E-state index >= 15 is 0 Å². The van der Waals surface area contributed by atoms with Crippen molar-refractivity contribution >= 4 is 50.6 Å². The van der Waals surface area contributed by atoms with Crippen molar-refractivity contribution in [3.05, 3.63) is 62.2 Å². The zero-order valence-corrected chi connectivity index (χ0v) is 28.0. The molecule has 1 aromatic heterocycles. The van der Waals surface area contributed by atoms with Crippen molar-refractivity contribution < 1.29 is 45.8 Å². The highest BCUT2D eigenvalue weighted by Gasteiger charge is 2.54. The number of hydrogen-bond donors (Lipinski definition) is 4. The average molecular weight is 727 g/mol. The van der Waals surface area contributed by atoms with E-state index in [0.717, 1.165) is 46.0 Å². The summed E-state index contributed by atoms with van der Waals surface area (Å²) in [6.07, 6.45) is -9.48. The predicted molar refractivity (Wildman–Crippen MR) is 171 cm³/mol. The van der Waals surface area contributed by atoms with E-state index in [0.29, 0.717) is 44.7 Å². The fraction of sp³-hybridized carbons (Fsp3) is 0.484. The van der Waals surface area contributed by atoms with Crippen LogP contribution in [0, 0.1) is 5.41 Å². The van der Waals surface area contributed by atoms with E-state index in [1.54, 1.807) is 6.07 Å². The van der Waals surface area contributed by atoms with E-state index in [-0.39, 0.29) is 21.9 Å². The molecule has 3 aromatic rings. The second-order valence-electron chi connectivity index (χ2n) is 11.9. The minimum Gasteiger partial charge on any atom is -0.506 e. The molecule has 0 aliphatic carbocycles. The molecular formula is C31H37ClF6N4O5S. The Labute approximate surface area is 281 Å². The first-order valence-corrected chi connectivity index (χ1v) is 15.9. The van der Waals surface area contributed by atoms with Crippen molar-refractivity contribution in [1.82, 2.24) is 20.5 Å². The normalized spacial score (nSPS) is 12.0. The van der Waals surface area contributed by atoms with Crippen LogP contribution >= 0.6 is 22.9 Å². The third kappa shape index (κ3) is 13.9. The Morgan fingerprint density at radius 3 is 2.08 bits per heavy atom. The van der Waals surface area contributed by atoms with Gasteiger partial charge in [0.1, 0.15) is 11.3 Å². The van der Waals surface area contributed by atoms with E-state index < -0.39 is 23.9 Å². The van der Waals surface area contributed by atoms with Crippen LogP contribution in [0.3, 0.4) is 0 Å². The number of ketones is 2. The molecule has 0 saturated carbocycles. The number of rotatable bonds is 14. The minimum absolute atomic E-state index is 0.0129. The van der Waals surface area contributed by atoms with Crippen molar-refractivity contribution in [3.8, 4) is 5.75 Å². The summed E-state index contributed by atoms with van der Waals surface area (Å²) in [5, 5.41) is 17.5. The number of aromatic nitrogens is 1. The van der Waals surface area contributed by atoms with Crippen LogP contribution in [0.15, 0.2) is 41.2 Å². The number of phenols is 1. The maximum Gasteiger partial charge on any atom is 0.458 e. The van der Waals surface area contributed by atoms with E-state index in [1.807, 2.05) is 29.2 Å². The number of thiazole rings is 1. The third-order valence-electron chi connectivity index (χ3n) is 6.50. The van der Waals surface area contributed by atoms with Gasteiger partial charge in [0.15, 0.2) is 0 Å². The van der Waals surface area contributed by atoms with E-state index in [1.165, 1.54) is 5.56 Å². The highest BCUT2D eigenvalue weighted by Crippen LogP contribution is 2.28. The van der Waals surface area contributed by atoms with Gasteiger partial charge in [0.05, 0.1) is 4.70 Å². The van der Waals surface area contributed by atoms with Crippen molar-refractivity contribution in [3.63, 3.8) is 0 Å². The van der Waals surface area contributed by atoms with Crippen molar-refractivity contribution in [1.29, 1.82) is 0 Å². The summed E-state index contributed by atoms with van der Waals surface area (Å²) in [6, 6.07) is 11.3. The number of aromatic amines is 1. The van der Waals surface area contributed by atoms with E-state index in [2.05, 4.69) is 42.5 Å². The molecule has 0 aliphatic rings. The highest BCUT2D eigenvalue weighted by molar-refractivity contribution is 7.16. The van der Waals surface area contributed by atoms with Crippen LogP contribution in [0.4, 0.5) is 26.3 Å². The number of amides is 1. The van der Waals surface area contributed by atoms with E-state index in [9.17, 15) is 50.6 Å². The Hall–Kier alpha value is -3.47. The van der Waals surface area contributed by atoms with Crippen molar-refractivity contribution in [2.45, 2.75) is 52.4 Å². The summed E-state index contributed by atoms with van der Waals surface area (Å²) in [5.41, 5.74) is 2.72. The van der Waals surface area contributed by atoms with Gasteiger partial charge in [-0.3, -0.25) is 19.2 Å². The Bertz CT molecular complexity index is 1580. The molecule has 4 N–H and O–H groups in total. The highest BCUT2D eigenvalue weighted by atomic mass is 35.5. The number of benzene rings is 2. The lowest BCUT2D eigenvalue weighted by atomic mass is 9.96. The molecule has 266 valence electrons. The molecule has 1 heterocycles. The first-order valence-electron chi connectivity index (χ1n) is 14.7. The second-order valence-corrected chi connectivity index (χ2v) is 13.3. The van der Waals surface area contributed by atoms with Crippen LogP contribution in [-0.4, -0.2) is 84.1 Å². The smallest absolute Gasteiger partial charge is 0.458 e. The number of nitrogens with one attached hydrogen (secondary N) is 3. The van der Waals surface area contributed by atoms with Gasteiger partial charge >= 0.3 is 28.8 Å². The Morgan fingerprint density at radius 1 is 0.896 bits per heavy atom. The van der Waals surface area contributed by atoms with E-state index in [4.69, 9.17) is 11.6 Å². The molecule has 9 nitrogen and oxygen atoms in total. The fourth-order valence-corrected chi connectivity index (χ4v) is 5.47. The van der Waals surface area contributed by atoms with Gasteiger partial charge in [0, 0.05) is 37.6 Å². The maximum absolute atomic E-state index is 12.9. The fourth-order valence-electron chi connectivity index (χ4n) is 4.36. The van der Waals surface area contributed by atoms with Gasteiger partial charge in [0.25, 0.3) is 0 Å². The third-order valence-corrected chi connectivity index (χ3v) is 7.70. The second kappa shape index (κ2) is 17.8. The summed E-state index contributed by atoms with van der Waals surface area (Å²) < 4.78 is 67.8. The number of carbonyl (C=O) groups is 3. The summed E-state index contributed by atoms with van der Waals surface area (Å²) in [6.45, 7) is 10.6. The molecule has 17 heteroatoms. The molecule has 2 aromatic carbocycles. The Kier molecular flexibility index (Phi) is 15.1. The molecule has 0 radical (unpaired) electrons. The van der Waals surface area contributed by atoms with Crippen LogP contribution in [0.5, 0.6) is 5.75 Å². The zero-order valence-electron chi connectivity index (χ0n) is 26.4. The predicted octanol–water partition coefficient (Wildman–Crippen LogP) is 5.43. The summed E-state index contributed by atoms with van der Waals surface area (Å²) in [4.78, 5) is 48.4. The standard InChI is InChI=1S/C27H37ClN4O3S.C4F6O2/c1-27(2,3)18-32(23(34)11-14-29-12-9-19-5-4-6-21(28)17-19)16-15-30-13-10-20-7-8-22(33)24-25(20)36-26(35)31-24;5-3(6,7)1(11)2(12)4(8,9)10/h4-8,17,29-30,33H,9-16,18H2,1-3H3,(H,31,35);. The number of hydrogen-bond acceptors (Lipinski definition) is 8. The molecule has 0 saturated heterocycles. The summed E-state index contributed by atoms with van der Waals surface area (Å²) >= 11 is 7.16. The lowest BCUT2D eigenvalue weighted by Gasteiger charge is -2.30. The zero-order chi connectivity index (χ0) is 36.3. The first-order chi connectivity index (χ1) is 22.2. The van der Waals surface area contributed by atoms with Crippen LogP contribution < -0.4 is 15.5 Å². The Balaban J connectivity index is 0.000000567. The molecule has 0 spiro atoms. The van der Waals surface area contributed by atoms with Gasteiger partial charge in [-0.25, -0.2) is 0 Å². The molecular weight excluding hydrogens is 690 g/mol. The maximum atomic E-state index is 12.9. The first kappa shape index (κ1) is 40.7. The molecule has 48 heavy (non-hydrogen) atoms. The summed E-state index contributed by atoms with van der Waals surface area (Å²) in [5.74, 6) is -6.57. The van der Waals surface area contributed by atoms with Gasteiger partial charge < -0.3 is 25.6 Å². The van der Waals surface area contributed by atoms with Gasteiger partial charge in [-0.05, 0) is 60.7 Å². The van der Waals surface area contributed by atoms with Crippen LogP contribution in [-0.2, 0) is 27.2 Å². The molecule has 1 amide bonds. The number of fused-ring (bicyclic) bond motifs is 1. The van der Waals surface area contributed by atoms with Crippen molar-refractivity contribution in [2.24, 2.45) is 5.41 Å². The quantitative estimate of drug-likeness (QED) is 0.0991. The molecule has 0 unspecified atom stereocenters. The molecule has 0 aliphatic heterocycles. The molecule has 3 rings (SSSR count). The van der Waals surface area contributed by atoms with Crippen LogP contribution in [0.25, 0.3) is 10.2 Å². The largest absolute Gasteiger partial charge is 0.506 e. The number of nitrogens with zero attached hydrogens (tertiary/aromatic N) is 1. The molecule has 0 bridgehead atoms. The number of carbonyl (C=O) groups excluding carboxylic acids is 3. The SMILES string of the molecule is CC(C)(C)CN(CCNCCc1ccc(O)c2[nH]c(=O)sc12)C(=O)CCNCCc1cccc(Cl)c1.O=C(C(=O)C(F)(F)F)C(F)(F)F. The monoisotopic (exact) mass is 726 g/mol. The number of halogens is 7. The van der Waals surface area contributed by atoms with Gasteiger partial charge in [-0.2, -0.15) is 26.3 Å².